The first-order valence-electron chi connectivity index (χ1n) is 6.79. The third kappa shape index (κ3) is 3.13. The van der Waals surface area contributed by atoms with Crippen molar-refractivity contribution < 1.29 is 13.6 Å². The van der Waals surface area contributed by atoms with Gasteiger partial charge in [0, 0.05) is 27.2 Å². The number of piperidine rings is 1. The minimum absolute atomic E-state index is 0.0332. The van der Waals surface area contributed by atoms with Gasteiger partial charge in [-0.15, -0.1) is 0 Å². The number of carbonyl (C=O) groups is 1. The lowest BCUT2D eigenvalue weighted by Gasteiger charge is -2.35. The van der Waals surface area contributed by atoms with Gasteiger partial charge in [-0.3, -0.25) is 4.79 Å². The molecule has 0 radical (unpaired) electrons. The summed E-state index contributed by atoms with van der Waals surface area (Å²) in [6.07, 6.45) is 1.41. The molecular formula is C15H17F2N3O. The number of hydrogen-bond donors (Lipinski definition) is 0. The largest absolute Gasteiger partial charge is 0.366 e. The Morgan fingerprint density at radius 1 is 1.38 bits per heavy atom. The van der Waals surface area contributed by atoms with Crippen molar-refractivity contribution in [2.75, 3.05) is 32.1 Å². The maximum atomic E-state index is 14.0. The fourth-order valence-corrected chi connectivity index (χ4v) is 2.68. The Morgan fingerprint density at radius 2 is 2.00 bits per heavy atom. The summed E-state index contributed by atoms with van der Waals surface area (Å²) in [6, 6.07) is 3.77. The van der Waals surface area contributed by atoms with Crippen LogP contribution in [0.1, 0.15) is 18.4 Å². The van der Waals surface area contributed by atoms with Gasteiger partial charge in [0.1, 0.15) is 5.69 Å². The highest BCUT2D eigenvalue weighted by molar-refractivity contribution is 5.79. The van der Waals surface area contributed by atoms with Crippen molar-refractivity contribution in [3.63, 3.8) is 0 Å². The van der Waals surface area contributed by atoms with Crippen molar-refractivity contribution >= 4 is 11.6 Å². The first-order valence-corrected chi connectivity index (χ1v) is 6.79. The molecule has 0 aliphatic carbocycles. The van der Waals surface area contributed by atoms with Gasteiger partial charge in [-0.1, -0.05) is 0 Å². The highest BCUT2D eigenvalue weighted by Gasteiger charge is 2.29. The molecule has 0 aromatic heterocycles. The van der Waals surface area contributed by atoms with E-state index in [1.54, 1.807) is 25.1 Å². The van der Waals surface area contributed by atoms with Crippen molar-refractivity contribution in [2.24, 2.45) is 5.92 Å². The monoisotopic (exact) mass is 293 g/mol. The lowest BCUT2D eigenvalue weighted by Crippen LogP contribution is -2.43. The van der Waals surface area contributed by atoms with E-state index in [-0.39, 0.29) is 29.6 Å². The molecule has 0 bridgehead atoms. The van der Waals surface area contributed by atoms with Gasteiger partial charge in [-0.2, -0.15) is 5.26 Å². The molecule has 1 atom stereocenters. The molecule has 1 aliphatic rings. The van der Waals surface area contributed by atoms with E-state index in [4.69, 9.17) is 5.26 Å². The molecular weight excluding hydrogens is 276 g/mol. The van der Waals surface area contributed by atoms with Gasteiger partial charge in [0.25, 0.3) is 0 Å². The van der Waals surface area contributed by atoms with Crippen molar-refractivity contribution in [2.45, 2.75) is 12.8 Å². The van der Waals surface area contributed by atoms with Gasteiger partial charge >= 0.3 is 0 Å². The molecule has 1 heterocycles. The maximum absolute atomic E-state index is 14.0. The summed E-state index contributed by atoms with van der Waals surface area (Å²) < 4.78 is 28.1. The zero-order valence-corrected chi connectivity index (χ0v) is 12.1. The smallest absolute Gasteiger partial charge is 0.226 e. The minimum atomic E-state index is -0.760. The first-order chi connectivity index (χ1) is 9.93. The molecule has 1 aliphatic heterocycles. The molecule has 1 unspecified atom stereocenters. The van der Waals surface area contributed by atoms with Gasteiger partial charge in [-0.25, -0.2) is 8.78 Å². The van der Waals surface area contributed by atoms with Crippen molar-refractivity contribution in [3.05, 3.63) is 29.3 Å². The van der Waals surface area contributed by atoms with Crippen molar-refractivity contribution in [1.82, 2.24) is 4.90 Å². The molecule has 0 saturated carbocycles. The van der Waals surface area contributed by atoms with E-state index in [0.717, 1.165) is 12.1 Å². The molecule has 2 rings (SSSR count). The Balaban J connectivity index is 2.26. The third-order valence-corrected chi connectivity index (χ3v) is 3.67. The molecule has 1 fully saturated rings. The Hall–Kier alpha value is -2.16. The Kier molecular flexibility index (Phi) is 4.41. The van der Waals surface area contributed by atoms with Crippen LogP contribution in [0.4, 0.5) is 14.5 Å². The lowest BCUT2D eigenvalue weighted by atomic mass is 9.96. The predicted octanol–water partition coefficient (Wildman–Crippen LogP) is 2.14. The fraction of sp³-hybridized carbons (Fsp3) is 0.467. The van der Waals surface area contributed by atoms with E-state index < -0.39 is 11.6 Å². The highest BCUT2D eigenvalue weighted by atomic mass is 19.1. The van der Waals surface area contributed by atoms with Crippen LogP contribution in [0.5, 0.6) is 0 Å². The van der Waals surface area contributed by atoms with E-state index in [2.05, 4.69) is 0 Å². The second-order valence-corrected chi connectivity index (χ2v) is 5.42. The van der Waals surface area contributed by atoms with Crippen LogP contribution in [-0.2, 0) is 4.79 Å². The number of amides is 1. The van der Waals surface area contributed by atoms with Crippen LogP contribution in [0.15, 0.2) is 12.1 Å². The average Bonchev–Trinajstić information content (AvgIpc) is 2.45. The van der Waals surface area contributed by atoms with Gasteiger partial charge in [0.05, 0.1) is 17.6 Å². The second-order valence-electron chi connectivity index (χ2n) is 5.42. The van der Waals surface area contributed by atoms with Crippen molar-refractivity contribution in [1.29, 1.82) is 5.26 Å². The SMILES string of the molecule is CN(C)C(=O)C1CCCN(c2c(F)cc(C#N)cc2F)C1. The third-order valence-electron chi connectivity index (χ3n) is 3.67. The number of benzene rings is 1. The topological polar surface area (TPSA) is 47.3 Å². The quantitative estimate of drug-likeness (QED) is 0.839. The molecule has 6 heteroatoms. The average molecular weight is 293 g/mol. The molecule has 0 N–H and O–H groups in total. The van der Waals surface area contributed by atoms with Crippen LogP contribution in [0, 0.1) is 28.9 Å². The number of hydrogen-bond acceptors (Lipinski definition) is 3. The van der Waals surface area contributed by atoms with E-state index in [1.165, 1.54) is 4.90 Å². The van der Waals surface area contributed by atoms with Gasteiger partial charge in [0.15, 0.2) is 11.6 Å². The summed E-state index contributed by atoms with van der Waals surface area (Å²) in [5.74, 6) is -1.81. The number of rotatable bonds is 2. The van der Waals surface area contributed by atoms with Crippen LogP contribution < -0.4 is 4.90 Å². The van der Waals surface area contributed by atoms with Crippen molar-refractivity contribution in [3.8, 4) is 6.07 Å². The predicted molar refractivity (Wildman–Crippen MR) is 74.7 cm³/mol. The molecule has 112 valence electrons. The molecule has 1 amide bonds. The summed E-state index contributed by atoms with van der Waals surface area (Å²) in [4.78, 5) is 15.1. The Bertz CT molecular complexity index is 572. The number of nitrogens with zero attached hydrogens (tertiary/aromatic N) is 3. The second kappa shape index (κ2) is 6.08. The van der Waals surface area contributed by atoms with Crippen LogP contribution in [-0.4, -0.2) is 38.0 Å². The number of carbonyl (C=O) groups excluding carboxylic acids is 1. The zero-order valence-electron chi connectivity index (χ0n) is 12.1. The fourth-order valence-electron chi connectivity index (χ4n) is 2.68. The lowest BCUT2D eigenvalue weighted by molar-refractivity contribution is -0.133. The summed E-state index contributed by atoms with van der Waals surface area (Å²) in [6.45, 7) is 0.785. The number of nitriles is 1. The zero-order chi connectivity index (χ0) is 15.6. The molecule has 1 aromatic carbocycles. The normalized spacial score (nSPS) is 18.2. The Morgan fingerprint density at radius 3 is 2.52 bits per heavy atom. The maximum Gasteiger partial charge on any atom is 0.226 e. The number of anilines is 1. The first kappa shape index (κ1) is 15.2. The molecule has 4 nitrogen and oxygen atoms in total. The van der Waals surface area contributed by atoms with Gasteiger partial charge in [-0.05, 0) is 25.0 Å². The van der Waals surface area contributed by atoms with Gasteiger partial charge in [0.2, 0.25) is 5.91 Å². The van der Waals surface area contributed by atoms with E-state index in [0.29, 0.717) is 19.4 Å². The van der Waals surface area contributed by atoms with Crippen LogP contribution >= 0.6 is 0 Å². The number of halogens is 2. The van der Waals surface area contributed by atoms with Gasteiger partial charge < -0.3 is 9.80 Å². The van der Waals surface area contributed by atoms with Crippen LogP contribution in [0.25, 0.3) is 0 Å². The highest BCUT2D eigenvalue weighted by Crippen LogP contribution is 2.29. The standard InChI is InChI=1S/C15H17F2N3O/c1-19(2)15(21)11-4-3-5-20(9-11)14-12(16)6-10(8-18)7-13(14)17/h6-7,11H,3-5,9H2,1-2H3. The van der Waals surface area contributed by atoms with E-state index in [1.807, 2.05) is 0 Å². The summed E-state index contributed by atoms with van der Waals surface area (Å²) in [7, 11) is 3.34. The van der Waals surface area contributed by atoms with Crippen LogP contribution in [0.2, 0.25) is 0 Å². The summed E-state index contributed by atoms with van der Waals surface area (Å²) in [5.41, 5.74) is -0.197. The summed E-state index contributed by atoms with van der Waals surface area (Å²) in [5, 5.41) is 8.72. The molecule has 1 saturated heterocycles. The van der Waals surface area contributed by atoms with Crippen LogP contribution in [0.3, 0.4) is 0 Å². The minimum Gasteiger partial charge on any atom is -0.366 e. The summed E-state index contributed by atoms with van der Waals surface area (Å²) >= 11 is 0. The Labute approximate surface area is 122 Å². The van der Waals surface area contributed by atoms with E-state index in [9.17, 15) is 13.6 Å². The molecule has 1 aromatic rings. The molecule has 0 spiro atoms. The van der Waals surface area contributed by atoms with E-state index >= 15 is 0 Å². The molecule has 21 heavy (non-hydrogen) atoms.